The van der Waals surface area contributed by atoms with E-state index < -0.39 is 0 Å². The fourth-order valence-electron chi connectivity index (χ4n) is 2.97. The number of thiazole rings is 1. The number of fused-ring (bicyclic) bond motifs is 1. The number of anilines is 1. The molecule has 4 rings (SSSR count). The lowest BCUT2D eigenvalue weighted by molar-refractivity contribution is 0.103. The first-order valence-corrected chi connectivity index (χ1v) is 11.1. The van der Waals surface area contributed by atoms with Crippen LogP contribution in [0, 0.1) is 6.92 Å². The van der Waals surface area contributed by atoms with E-state index in [-0.39, 0.29) is 5.91 Å². The number of aryl methyl sites for hydroxylation is 1. The Morgan fingerprint density at radius 3 is 2.61 bits per heavy atom. The third kappa shape index (κ3) is 3.70. The van der Waals surface area contributed by atoms with Crippen LogP contribution >= 0.6 is 34.3 Å². The number of hydrogen-bond donors (Lipinski definition) is 1. The highest BCUT2D eigenvalue weighted by Crippen LogP contribution is 2.36. The van der Waals surface area contributed by atoms with E-state index in [0.29, 0.717) is 20.9 Å². The van der Waals surface area contributed by atoms with Gasteiger partial charge in [-0.3, -0.25) is 10.1 Å². The summed E-state index contributed by atoms with van der Waals surface area (Å²) in [5.74, 6) is 0.272. The van der Waals surface area contributed by atoms with Crippen molar-refractivity contribution in [1.82, 2.24) is 4.98 Å². The molecule has 0 saturated heterocycles. The van der Waals surface area contributed by atoms with Crippen LogP contribution in [0.4, 0.5) is 5.13 Å². The van der Waals surface area contributed by atoms with Crippen molar-refractivity contribution in [2.24, 2.45) is 0 Å². The summed E-state index contributed by atoms with van der Waals surface area (Å²) in [7, 11) is 0. The third-order valence-electron chi connectivity index (χ3n) is 4.59. The zero-order valence-electron chi connectivity index (χ0n) is 15.7. The molecule has 0 saturated carbocycles. The van der Waals surface area contributed by atoms with Gasteiger partial charge in [0.1, 0.15) is 4.88 Å². The van der Waals surface area contributed by atoms with Crippen molar-refractivity contribution in [1.29, 1.82) is 0 Å². The molecule has 2 aromatic carbocycles. The lowest BCUT2D eigenvalue weighted by atomic mass is 10.0. The molecule has 0 aliphatic heterocycles. The Hall–Kier alpha value is -2.21. The molecule has 1 N–H and O–H groups in total. The fraction of sp³-hybridized carbons (Fsp3) is 0.182. The van der Waals surface area contributed by atoms with Gasteiger partial charge in [0.2, 0.25) is 0 Å². The molecular weight excluding hydrogens is 408 g/mol. The number of amides is 1. The summed E-state index contributed by atoms with van der Waals surface area (Å²) >= 11 is 9.26. The van der Waals surface area contributed by atoms with E-state index in [2.05, 4.69) is 48.4 Å². The van der Waals surface area contributed by atoms with Gasteiger partial charge in [-0.15, -0.1) is 22.7 Å². The third-order valence-corrected chi connectivity index (χ3v) is 7.00. The molecule has 0 atom stereocenters. The summed E-state index contributed by atoms with van der Waals surface area (Å²) in [6.45, 7) is 6.37. The standard InChI is InChI=1S/C22H19ClN2OS2/c1-12(2)14-5-7-15(8-6-14)17-11-27-22(24-17)25-21(26)20-19(23)16-9-4-13(3)10-18(16)28-20/h4-12H,1-3H3,(H,24,25,26). The Bertz CT molecular complexity index is 1160. The van der Waals surface area contributed by atoms with Crippen LogP contribution in [0.25, 0.3) is 21.3 Å². The minimum absolute atomic E-state index is 0.222. The van der Waals surface area contributed by atoms with E-state index >= 15 is 0 Å². The van der Waals surface area contributed by atoms with Crippen molar-refractivity contribution >= 4 is 55.4 Å². The summed E-state index contributed by atoms with van der Waals surface area (Å²) in [5, 5.41) is 6.82. The first-order chi connectivity index (χ1) is 13.4. The quantitative estimate of drug-likeness (QED) is 0.370. The van der Waals surface area contributed by atoms with E-state index in [1.54, 1.807) is 0 Å². The molecule has 0 aliphatic rings. The number of nitrogens with one attached hydrogen (secondary N) is 1. The molecule has 6 heteroatoms. The molecule has 1 amide bonds. The number of thiophene rings is 1. The lowest BCUT2D eigenvalue weighted by Crippen LogP contribution is -2.10. The van der Waals surface area contributed by atoms with Crippen LogP contribution in [-0.2, 0) is 0 Å². The Balaban J connectivity index is 1.55. The van der Waals surface area contributed by atoms with Crippen molar-refractivity contribution in [2.75, 3.05) is 5.32 Å². The highest BCUT2D eigenvalue weighted by Gasteiger charge is 2.18. The van der Waals surface area contributed by atoms with E-state index in [1.807, 2.05) is 30.5 Å². The summed E-state index contributed by atoms with van der Waals surface area (Å²) in [6, 6.07) is 14.4. The van der Waals surface area contributed by atoms with Crippen molar-refractivity contribution in [3.8, 4) is 11.3 Å². The molecule has 142 valence electrons. The monoisotopic (exact) mass is 426 g/mol. The highest BCUT2D eigenvalue weighted by molar-refractivity contribution is 7.22. The first kappa shape index (κ1) is 19.1. The lowest BCUT2D eigenvalue weighted by Gasteiger charge is -2.05. The van der Waals surface area contributed by atoms with E-state index in [9.17, 15) is 4.79 Å². The second kappa shape index (κ2) is 7.66. The van der Waals surface area contributed by atoms with Crippen molar-refractivity contribution in [2.45, 2.75) is 26.7 Å². The predicted molar refractivity (Wildman–Crippen MR) is 121 cm³/mol. The van der Waals surface area contributed by atoms with Crippen LogP contribution in [-0.4, -0.2) is 10.9 Å². The van der Waals surface area contributed by atoms with Gasteiger partial charge in [-0.2, -0.15) is 0 Å². The molecule has 0 unspecified atom stereocenters. The van der Waals surface area contributed by atoms with Gasteiger partial charge < -0.3 is 0 Å². The second-order valence-electron chi connectivity index (χ2n) is 7.01. The van der Waals surface area contributed by atoms with Gasteiger partial charge in [-0.05, 0) is 30.0 Å². The normalized spacial score (nSPS) is 11.3. The minimum Gasteiger partial charge on any atom is -0.297 e. The van der Waals surface area contributed by atoms with Crippen LogP contribution in [0.5, 0.6) is 0 Å². The molecule has 4 aromatic rings. The number of benzene rings is 2. The Morgan fingerprint density at radius 1 is 1.14 bits per heavy atom. The maximum absolute atomic E-state index is 12.7. The number of aromatic nitrogens is 1. The first-order valence-electron chi connectivity index (χ1n) is 8.98. The van der Waals surface area contributed by atoms with Gasteiger partial charge in [0.15, 0.2) is 5.13 Å². The van der Waals surface area contributed by atoms with Crippen LogP contribution < -0.4 is 5.32 Å². The molecule has 0 radical (unpaired) electrons. The van der Waals surface area contributed by atoms with Gasteiger partial charge in [0, 0.05) is 21.0 Å². The van der Waals surface area contributed by atoms with Crippen LogP contribution in [0.3, 0.4) is 0 Å². The van der Waals surface area contributed by atoms with Crippen molar-refractivity contribution < 1.29 is 4.79 Å². The summed E-state index contributed by atoms with van der Waals surface area (Å²) in [5.41, 5.74) is 4.33. The van der Waals surface area contributed by atoms with E-state index in [4.69, 9.17) is 11.6 Å². The largest absolute Gasteiger partial charge is 0.297 e. The smallest absolute Gasteiger partial charge is 0.269 e. The number of carbonyl (C=O) groups excluding carboxylic acids is 1. The average molecular weight is 427 g/mol. The van der Waals surface area contributed by atoms with Gasteiger partial charge in [-0.25, -0.2) is 4.98 Å². The summed E-state index contributed by atoms with van der Waals surface area (Å²) < 4.78 is 1.01. The van der Waals surface area contributed by atoms with Crippen molar-refractivity contribution in [3.05, 3.63) is 68.9 Å². The maximum atomic E-state index is 12.7. The Morgan fingerprint density at radius 2 is 1.89 bits per heavy atom. The van der Waals surface area contributed by atoms with Crippen molar-refractivity contribution in [3.63, 3.8) is 0 Å². The number of halogens is 1. The molecule has 2 heterocycles. The average Bonchev–Trinajstić information content (AvgIpc) is 3.26. The number of rotatable bonds is 4. The number of carbonyl (C=O) groups is 1. The molecule has 0 bridgehead atoms. The van der Waals surface area contributed by atoms with Crippen LogP contribution in [0.15, 0.2) is 47.8 Å². The molecule has 2 aromatic heterocycles. The highest BCUT2D eigenvalue weighted by atomic mass is 35.5. The van der Waals surface area contributed by atoms with Gasteiger partial charge >= 0.3 is 0 Å². The topological polar surface area (TPSA) is 42.0 Å². The summed E-state index contributed by atoms with van der Waals surface area (Å²) in [6.07, 6.45) is 0. The fourth-order valence-corrected chi connectivity index (χ4v) is 5.20. The van der Waals surface area contributed by atoms with Gasteiger partial charge in [0.05, 0.1) is 10.7 Å². The molecule has 0 aliphatic carbocycles. The van der Waals surface area contributed by atoms with Crippen LogP contribution in [0.2, 0.25) is 5.02 Å². The minimum atomic E-state index is -0.222. The maximum Gasteiger partial charge on any atom is 0.269 e. The predicted octanol–water partition coefficient (Wildman–Crippen LogP) is 7.36. The summed E-state index contributed by atoms with van der Waals surface area (Å²) in [4.78, 5) is 17.8. The zero-order valence-corrected chi connectivity index (χ0v) is 18.1. The Kier molecular flexibility index (Phi) is 5.23. The number of nitrogens with zero attached hydrogens (tertiary/aromatic N) is 1. The molecule has 0 fully saturated rings. The molecule has 0 spiro atoms. The van der Waals surface area contributed by atoms with E-state index in [0.717, 1.165) is 26.9 Å². The second-order valence-corrected chi connectivity index (χ2v) is 9.30. The van der Waals surface area contributed by atoms with Gasteiger partial charge in [-0.1, -0.05) is 61.8 Å². The zero-order chi connectivity index (χ0) is 19.8. The SMILES string of the molecule is Cc1ccc2c(Cl)c(C(=O)Nc3nc(-c4ccc(C(C)C)cc4)cs3)sc2c1. The van der Waals surface area contributed by atoms with Crippen LogP contribution in [0.1, 0.15) is 40.6 Å². The molecule has 28 heavy (non-hydrogen) atoms. The van der Waals surface area contributed by atoms with Gasteiger partial charge in [0.25, 0.3) is 5.91 Å². The van der Waals surface area contributed by atoms with E-state index in [1.165, 1.54) is 28.2 Å². The molecule has 3 nitrogen and oxygen atoms in total. The number of hydrogen-bond acceptors (Lipinski definition) is 4. The molecular formula is C22H19ClN2OS2. The Labute approximate surface area is 177 Å².